The third-order valence-corrected chi connectivity index (χ3v) is 3.92. The second-order valence-electron chi connectivity index (χ2n) is 4.60. The molecule has 1 N–H and O–H groups in total. The Morgan fingerprint density at radius 2 is 1.84 bits per heavy atom. The monoisotopic (exact) mass is 321 g/mol. The maximum atomic E-state index is 5.68. The molecule has 1 atom stereocenters. The lowest BCUT2D eigenvalue weighted by molar-refractivity contribution is 0.447. The minimum atomic E-state index is 0.0995. The molecule has 1 aromatic heterocycles. The van der Waals surface area contributed by atoms with Gasteiger partial charge in [0.25, 0.3) is 0 Å². The first kappa shape index (κ1) is 14.4. The second kappa shape index (κ2) is 6.40. The Morgan fingerprint density at radius 1 is 1.11 bits per heavy atom. The molecule has 2 nitrogen and oxygen atoms in total. The number of hydrogen-bond acceptors (Lipinski definition) is 2. The van der Waals surface area contributed by atoms with Gasteiger partial charge in [0.15, 0.2) is 4.67 Å². The number of nitrogens with one attached hydrogen (secondary N) is 1. The van der Waals surface area contributed by atoms with Crippen molar-refractivity contribution >= 4 is 15.9 Å². The smallest absolute Gasteiger partial charge is 0.169 e. The van der Waals surface area contributed by atoms with Gasteiger partial charge >= 0.3 is 0 Å². The molecule has 2 rings (SSSR count). The molecule has 0 aliphatic heterocycles. The normalized spacial score (nSPS) is 12.6. The summed E-state index contributed by atoms with van der Waals surface area (Å²) in [4.78, 5) is 0. The van der Waals surface area contributed by atoms with E-state index in [0.29, 0.717) is 0 Å². The summed E-state index contributed by atoms with van der Waals surface area (Å²) in [6.45, 7) is 4.41. The van der Waals surface area contributed by atoms with Gasteiger partial charge in [-0.05, 0) is 64.6 Å². The van der Waals surface area contributed by atoms with E-state index < -0.39 is 0 Å². The summed E-state index contributed by atoms with van der Waals surface area (Å²) in [6.07, 6.45) is 2.15. The molecule has 0 bridgehead atoms. The van der Waals surface area contributed by atoms with Crippen LogP contribution >= 0.6 is 15.9 Å². The Balaban J connectivity index is 2.38. The van der Waals surface area contributed by atoms with E-state index in [1.807, 2.05) is 19.2 Å². The second-order valence-corrected chi connectivity index (χ2v) is 5.38. The SMILES string of the molecule is CCc1ccc(C(NC)c2ccc(Br)o2)cc1CC. The van der Waals surface area contributed by atoms with E-state index in [4.69, 9.17) is 4.42 Å². The van der Waals surface area contributed by atoms with Gasteiger partial charge in [0.2, 0.25) is 0 Å². The van der Waals surface area contributed by atoms with Crippen molar-refractivity contribution in [2.45, 2.75) is 32.7 Å². The summed E-state index contributed by atoms with van der Waals surface area (Å²) >= 11 is 3.36. The molecule has 102 valence electrons. The first-order valence-electron chi connectivity index (χ1n) is 6.73. The number of aryl methyl sites for hydroxylation is 2. The Bertz CT molecular complexity index is 547. The molecular weight excluding hydrogens is 302 g/mol. The van der Waals surface area contributed by atoms with Gasteiger partial charge in [0, 0.05) is 0 Å². The first-order chi connectivity index (χ1) is 9.19. The Hall–Kier alpha value is -1.06. The number of benzene rings is 1. The number of halogens is 1. The quantitative estimate of drug-likeness (QED) is 0.878. The third kappa shape index (κ3) is 3.10. The number of furan rings is 1. The van der Waals surface area contributed by atoms with E-state index in [2.05, 4.69) is 53.3 Å². The van der Waals surface area contributed by atoms with Gasteiger partial charge < -0.3 is 9.73 Å². The highest BCUT2D eigenvalue weighted by atomic mass is 79.9. The summed E-state index contributed by atoms with van der Waals surface area (Å²) in [6, 6.07) is 10.7. The molecule has 1 aromatic carbocycles. The van der Waals surface area contributed by atoms with Crippen LogP contribution < -0.4 is 5.32 Å². The average Bonchev–Trinajstić information content (AvgIpc) is 2.86. The zero-order valence-electron chi connectivity index (χ0n) is 11.7. The van der Waals surface area contributed by atoms with Crippen molar-refractivity contribution in [2.75, 3.05) is 7.05 Å². The minimum Gasteiger partial charge on any atom is -0.452 e. The molecule has 0 aliphatic carbocycles. The van der Waals surface area contributed by atoms with Crippen LogP contribution in [0, 0.1) is 0 Å². The fraction of sp³-hybridized carbons (Fsp3) is 0.375. The maximum Gasteiger partial charge on any atom is 0.169 e. The molecule has 0 radical (unpaired) electrons. The lowest BCUT2D eigenvalue weighted by atomic mass is 9.96. The van der Waals surface area contributed by atoms with Crippen LogP contribution in [-0.4, -0.2) is 7.05 Å². The molecule has 0 saturated carbocycles. The van der Waals surface area contributed by atoms with Crippen LogP contribution in [0.25, 0.3) is 0 Å². The summed E-state index contributed by atoms with van der Waals surface area (Å²) < 4.78 is 6.44. The Morgan fingerprint density at radius 3 is 2.37 bits per heavy atom. The third-order valence-electron chi connectivity index (χ3n) is 3.49. The predicted octanol–water partition coefficient (Wildman–Crippen LogP) is 4.48. The summed E-state index contributed by atoms with van der Waals surface area (Å²) in [5.74, 6) is 0.931. The van der Waals surface area contributed by atoms with Crippen LogP contribution in [0.4, 0.5) is 0 Å². The molecule has 0 saturated heterocycles. The van der Waals surface area contributed by atoms with Crippen molar-refractivity contribution in [3.8, 4) is 0 Å². The van der Waals surface area contributed by atoms with E-state index >= 15 is 0 Å². The Kier molecular flexibility index (Phi) is 4.83. The largest absolute Gasteiger partial charge is 0.452 e. The van der Waals surface area contributed by atoms with Gasteiger partial charge in [0.1, 0.15) is 5.76 Å². The standard InChI is InChI=1S/C16H20BrNO/c1-4-11-6-7-13(10-12(11)5-2)16(18-3)14-8-9-15(17)19-14/h6-10,16,18H,4-5H2,1-3H3. The van der Waals surface area contributed by atoms with Gasteiger partial charge in [-0.3, -0.25) is 0 Å². The fourth-order valence-electron chi connectivity index (χ4n) is 2.46. The molecule has 1 heterocycles. The summed E-state index contributed by atoms with van der Waals surface area (Å²) in [5.41, 5.74) is 4.10. The van der Waals surface area contributed by atoms with E-state index in [0.717, 1.165) is 23.3 Å². The van der Waals surface area contributed by atoms with Gasteiger partial charge in [0.05, 0.1) is 6.04 Å². The van der Waals surface area contributed by atoms with Crippen LogP contribution in [0.2, 0.25) is 0 Å². The van der Waals surface area contributed by atoms with Crippen molar-refractivity contribution < 1.29 is 4.42 Å². The molecule has 2 aromatic rings. The molecule has 1 unspecified atom stereocenters. The first-order valence-corrected chi connectivity index (χ1v) is 7.53. The van der Waals surface area contributed by atoms with Crippen LogP contribution in [0.3, 0.4) is 0 Å². The predicted molar refractivity (Wildman–Crippen MR) is 82.5 cm³/mol. The Labute approximate surface area is 123 Å². The van der Waals surface area contributed by atoms with E-state index in [9.17, 15) is 0 Å². The lowest BCUT2D eigenvalue weighted by Gasteiger charge is -2.16. The van der Waals surface area contributed by atoms with E-state index in [1.54, 1.807) is 0 Å². The van der Waals surface area contributed by atoms with Crippen LogP contribution in [0.5, 0.6) is 0 Å². The average molecular weight is 322 g/mol. The molecular formula is C16H20BrNO. The van der Waals surface area contributed by atoms with Gasteiger partial charge in [-0.2, -0.15) is 0 Å². The molecule has 0 spiro atoms. The van der Waals surface area contributed by atoms with E-state index in [1.165, 1.54) is 16.7 Å². The van der Waals surface area contributed by atoms with Crippen molar-refractivity contribution in [2.24, 2.45) is 0 Å². The van der Waals surface area contributed by atoms with Crippen LogP contribution in [-0.2, 0) is 12.8 Å². The molecule has 0 fully saturated rings. The highest BCUT2D eigenvalue weighted by Gasteiger charge is 2.16. The van der Waals surface area contributed by atoms with Crippen molar-refractivity contribution in [3.05, 3.63) is 57.5 Å². The molecule has 3 heteroatoms. The zero-order chi connectivity index (χ0) is 13.8. The van der Waals surface area contributed by atoms with Crippen molar-refractivity contribution in [3.63, 3.8) is 0 Å². The van der Waals surface area contributed by atoms with Crippen molar-refractivity contribution in [1.82, 2.24) is 5.32 Å². The minimum absolute atomic E-state index is 0.0995. The topological polar surface area (TPSA) is 25.2 Å². The zero-order valence-corrected chi connectivity index (χ0v) is 13.3. The molecule has 19 heavy (non-hydrogen) atoms. The van der Waals surface area contributed by atoms with E-state index in [-0.39, 0.29) is 6.04 Å². The summed E-state index contributed by atoms with van der Waals surface area (Å²) in [5, 5.41) is 3.32. The van der Waals surface area contributed by atoms with Crippen LogP contribution in [0.15, 0.2) is 39.4 Å². The number of rotatable bonds is 5. The van der Waals surface area contributed by atoms with Gasteiger partial charge in [-0.1, -0.05) is 32.0 Å². The fourth-order valence-corrected chi connectivity index (χ4v) is 2.78. The maximum absolute atomic E-state index is 5.68. The van der Waals surface area contributed by atoms with Crippen LogP contribution in [0.1, 0.15) is 42.3 Å². The molecule has 0 amide bonds. The van der Waals surface area contributed by atoms with Crippen molar-refractivity contribution in [1.29, 1.82) is 0 Å². The van der Waals surface area contributed by atoms with Gasteiger partial charge in [-0.25, -0.2) is 0 Å². The summed E-state index contributed by atoms with van der Waals surface area (Å²) in [7, 11) is 1.96. The molecule has 0 aliphatic rings. The lowest BCUT2D eigenvalue weighted by Crippen LogP contribution is -2.17. The number of hydrogen-bond donors (Lipinski definition) is 1. The highest BCUT2D eigenvalue weighted by molar-refractivity contribution is 9.10. The van der Waals surface area contributed by atoms with Gasteiger partial charge in [-0.15, -0.1) is 0 Å². The highest BCUT2D eigenvalue weighted by Crippen LogP contribution is 2.27.